The number of nitrogens with zero attached hydrogens (tertiary/aromatic N) is 3. The highest BCUT2D eigenvalue weighted by Crippen LogP contribution is 2.38. The summed E-state index contributed by atoms with van der Waals surface area (Å²) in [5, 5.41) is 10.8. The van der Waals surface area contributed by atoms with Crippen LogP contribution in [-0.2, 0) is 4.79 Å². The molecule has 0 unspecified atom stereocenters. The fourth-order valence-corrected chi connectivity index (χ4v) is 4.31. The van der Waals surface area contributed by atoms with Gasteiger partial charge in [0.2, 0.25) is 5.91 Å². The molecule has 2 aliphatic rings. The van der Waals surface area contributed by atoms with E-state index in [-0.39, 0.29) is 0 Å². The highest BCUT2D eigenvalue weighted by molar-refractivity contribution is 7.14. The Morgan fingerprint density at radius 2 is 1.92 bits per heavy atom. The zero-order chi connectivity index (χ0) is 16.5. The summed E-state index contributed by atoms with van der Waals surface area (Å²) in [7, 11) is 1.67. The Kier molecular flexibility index (Phi) is 4.22. The summed E-state index contributed by atoms with van der Waals surface area (Å²) < 4.78 is 5.42. The lowest BCUT2D eigenvalue weighted by Crippen LogP contribution is -2.38. The number of aromatic nitrogens is 2. The molecule has 1 aliphatic carbocycles. The molecule has 6 heteroatoms. The molecule has 4 rings (SSSR count). The minimum absolute atomic E-state index is 0.320. The lowest BCUT2D eigenvalue weighted by atomic mass is 9.97. The van der Waals surface area contributed by atoms with Crippen molar-refractivity contribution < 1.29 is 9.53 Å². The van der Waals surface area contributed by atoms with Gasteiger partial charge in [-0.15, -0.1) is 10.2 Å². The summed E-state index contributed by atoms with van der Waals surface area (Å²) >= 11 is 1.64. The molecular weight excluding hydrogens is 322 g/mol. The number of rotatable bonds is 4. The average molecular weight is 343 g/mol. The Morgan fingerprint density at radius 1 is 1.17 bits per heavy atom. The number of carbonyl (C=O) groups is 1. The van der Waals surface area contributed by atoms with Crippen molar-refractivity contribution in [3.05, 3.63) is 29.3 Å². The number of hydrogen-bond donors (Lipinski definition) is 0. The fraction of sp³-hybridized carbons (Fsp3) is 0.500. The molecule has 1 amide bonds. The average Bonchev–Trinajstić information content (AvgIpc) is 3.38. The molecule has 2 fully saturated rings. The van der Waals surface area contributed by atoms with E-state index in [1.807, 2.05) is 29.2 Å². The first-order chi connectivity index (χ1) is 11.8. The number of benzene rings is 1. The first kappa shape index (κ1) is 15.6. The molecule has 0 spiro atoms. The van der Waals surface area contributed by atoms with E-state index in [4.69, 9.17) is 4.74 Å². The molecule has 2 aromatic rings. The SMILES string of the molecule is COc1ccccc1-c1nnc(C2CCN(C(=O)C3CC3)CC2)s1. The number of likely N-dealkylation sites (tertiary alicyclic amines) is 1. The van der Waals surface area contributed by atoms with Crippen molar-refractivity contribution in [2.24, 2.45) is 5.92 Å². The molecule has 0 atom stereocenters. The Hall–Kier alpha value is -1.95. The number of carbonyl (C=O) groups excluding carboxylic acids is 1. The van der Waals surface area contributed by atoms with Gasteiger partial charge in [0.25, 0.3) is 0 Å². The van der Waals surface area contributed by atoms with Gasteiger partial charge in [0.05, 0.1) is 12.7 Å². The van der Waals surface area contributed by atoms with Gasteiger partial charge in [0.15, 0.2) is 5.01 Å². The molecule has 0 bridgehead atoms. The molecule has 1 aromatic carbocycles. The lowest BCUT2D eigenvalue weighted by molar-refractivity contribution is -0.133. The zero-order valence-electron chi connectivity index (χ0n) is 13.8. The van der Waals surface area contributed by atoms with Crippen LogP contribution in [0, 0.1) is 5.92 Å². The standard InChI is InChI=1S/C18H21N3O2S/c1-23-15-5-3-2-4-14(15)17-20-19-16(24-17)12-8-10-21(11-9-12)18(22)13-6-7-13/h2-5,12-13H,6-11H2,1H3. The molecule has 1 aliphatic heterocycles. The van der Waals surface area contributed by atoms with E-state index < -0.39 is 0 Å². The molecule has 1 saturated carbocycles. The van der Waals surface area contributed by atoms with Crippen LogP contribution in [0.3, 0.4) is 0 Å². The quantitative estimate of drug-likeness (QED) is 0.854. The minimum Gasteiger partial charge on any atom is -0.496 e. The van der Waals surface area contributed by atoms with Gasteiger partial charge < -0.3 is 9.64 Å². The summed E-state index contributed by atoms with van der Waals surface area (Å²) in [4.78, 5) is 14.2. The molecule has 126 valence electrons. The molecule has 2 heterocycles. The first-order valence-electron chi connectivity index (χ1n) is 8.52. The third-order valence-corrected chi connectivity index (χ3v) is 5.98. The third-order valence-electron chi connectivity index (χ3n) is 4.86. The van der Waals surface area contributed by atoms with Gasteiger partial charge in [-0.3, -0.25) is 4.79 Å². The van der Waals surface area contributed by atoms with E-state index >= 15 is 0 Å². The molecule has 0 radical (unpaired) electrons. The van der Waals surface area contributed by atoms with Gasteiger partial charge in [0.1, 0.15) is 10.8 Å². The largest absolute Gasteiger partial charge is 0.496 e. The molecule has 1 saturated heterocycles. The highest BCUT2D eigenvalue weighted by atomic mass is 32.1. The van der Waals surface area contributed by atoms with Crippen molar-refractivity contribution in [3.63, 3.8) is 0 Å². The summed E-state index contributed by atoms with van der Waals surface area (Å²) in [5.74, 6) is 1.92. The van der Waals surface area contributed by atoms with Crippen LogP contribution in [0.4, 0.5) is 0 Å². The van der Waals surface area contributed by atoms with Gasteiger partial charge in [0, 0.05) is 24.9 Å². The van der Waals surface area contributed by atoms with Crippen molar-refractivity contribution in [1.29, 1.82) is 0 Å². The lowest BCUT2D eigenvalue weighted by Gasteiger charge is -2.31. The van der Waals surface area contributed by atoms with Crippen LogP contribution in [0.5, 0.6) is 5.75 Å². The van der Waals surface area contributed by atoms with E-state index in [9.17, 15) is 4.79 Å². The number of piperidine rings is 1. The number of hydrogen-bond acceptors (Lipinski definition) is 5. The van der Waals surface area contributed by atoms with E-state index in [2.05, 4.69) is 10.2 Å². The number of para-hydroxylation sites is 1. The van der Waals surface area contributed by atoms with Crippen molar-refractivity contribution in [3.8, 4) is 16.3 Å². The second kappa shape index (κ2) is 6.51. The molecular formula is C18H21N3O2S. The summed E-state index contributed by atoms with van der Waals surface area (Å²) in [6, 6.07) is 7.90. The summed E-state index contributed by atoms with van der Waals surface area (Å²) in [6.45, 7) is 1.70. The van der Waals surface area contributed by atoms with Crippen LogP contribution in [0.1, 0.15) is 36.6 Å². The molecule has 0 N–H and O–H groups in total. The molecule has 24 heavy (non-hydrogen) atoms. The summed E-state index contributed by atoms with van der Waals surface area (Å²) in [6.07, 6.45) is 4.13. The predicted octanol–water partition coefficient (Wildman–Crippen LogP) is 3.33. The summed E-state index contributed by atoms with van der Waals surface area (Å²) in [5.41, 5.74) is 0.991. The van der Waals surface area contributed by atoms with Crippen molar-refractivity contribution in [1.82, 2.24) is 15.1 Å². The highest BCUT2D eigenvalue weighted by Gasteiger charge is 2.35. The second-order valence-corrected chi connectivity index (χ2v) is 7.53. The zero-order valence-corrected chi connectivity index (χ0v) is 14.6. The van der Waals surface area contributed by atoms with Crippen LogP contribution in [0.2, 0.25) is 0 Å². The van der Waals surface area contributed by atoms with Gasteiger partial charge in [-0.05, 0) is 37.8 Å². The van der Waals surface area contributed by atoms with Crippen LogP contribution < -0.4 is 4.74 Å². The second-order valence-electron chi connectivity index (χ2n) is 6.52. The molecule has 5 nitrogen and oxygen atoms in total. The van der Waals surface area contributed by atoms with E-state index in [0.717, 1.165) is 60.1 Å². The monoisotopic (exact) mass is 343 g/mol. The number of methoxy groups -OCH3 is 1. The fourth-order valence-electron chi connectivity index (χ4n) is 3.27. The van der Waals surface area contributed by atoms with Crippen LogP contribution in [0.25, 0.3) is 10.6 Å². The minimum atomic E-state index is 0.320. The van der Waals surface area contributed by atoms with Gasteiger partial charge in [-0.25, -0.2) is 0 Å². The Morgan fingerprint density at radius 3 is 2.62 bits per heavy atom. The Balaban J connectivity index is 1.45. The van der Waals surface area contributed by atoms with Gasteiger partial charge in [-0.2, -0.15) is 0 Å². The van der Waals surface area contributed by atoms with Crippen LogP contribution in [0.15, 0.2) is 24.3 Å². The van der Waals surface area contributed by atoms with Gasteiger partial charge in [-0.1, -0.05) is 23.5 Å². The maximum atomic E-state index is 12.1. The molecule has 1 aromatic heterocycles. The van der Waals surface area contributed by atoms with Gasteiger partial charge >= 0.3 is 0 Å². The van der Waals surface area contributed by atoms with Crippen LogP contribution >= 0.6 is 11.3 Å². The Labute approximate surface area is 145 Å². The third kappa shape index (κ3) is 3.02. The normalized spacial score (nSPS) is 18.6. The van der Waals surface area contributed by atoms with Crippen molar-refractivity contribution in [2.45, 2.75) is 31.6 Å². The number of amides is 1. The maximum Gasteiger partial charge on any atom is 0.225 e. The van der Waals surface area contributed by atoms with E-state index in [1.54, 1.807) is 18.4 Å². The van der Waals surface area contributed by atoms with Crippen molar-refractivity contribution >= 4 is 17.2 Å². The van der Waals surface area contributed by atoms with Crippen LogP contribution in [-0.4, -0.2) is 41.2 Å². The topological polar surface area (TPSA) is 55.3 Å². The van der Waals surface area contributed by atoms with Crippen molar-refractivity contribution in [2.75, 3.05) is 20.2 Å². The maximum absolute atomic E-state index is 12.1. The first-order valence-corrected chi connectivity index (χ1v) is 9.33. The Bertz CT molecular complexity index is 733. The van der Waals surface area contributed by atoms with E-state index in [0.29, 0.717) is 17.7 Å². The van der Waals surface area contributed by atoms with E-state index in [1.165, 1.54) is 0 Å². The predicted molar refractivity (Wildman–Crippen MR) is 93.2 cm³/mol. The number of ether oxygens (including phenoxy) is 1. The smallest absolute Gasteiger partial charge is 0.225 e.